The predicted molar refractivity (Wildman–Crippen MR) is 75.8 cm³/mol. The van der Waals surface area contributed by atoms with Gasteiger partial charge in [0.25, 0.3) is 0 Å². The lowest BCUT2D eigenvalue weighted by Gasteiger charge is -2.12. The first-order valence-corrected chi connectivity index (χ1v) is 8.27. The van der Waals surface area contributed by atoms with Crippen LogP contribution in [0.4, 0.5) is 0 Å². The van der Waals surface area contributed by atoms with Gasteiger partial charge in [0.2, 0.25) is 0 Å². The second-order valence-electron chi connectivity index (χ2n) is 4.94. The number of rotatable bonds is 9. The van der Waals surface area contributed by atoms with Gasteiger partial charge in [-0.3, -0.25) is 4.79 Å². The van der Waals surface area contributed by atoms with E-state index in [-0.39, 0.29) is 11.2 Å². The van der Waals surface area contributed by atoms with Gasteiger partial charge >= 0.3 is 5.97 Å². The molecule has 2 unspecified atom stereocenters. The number of ether oxygens (including phenoxy) is 1. The average Bonchev–Trinajstić information content (AvgIpc) is 2.79. The number of thioether (sulfide) groups is 1. The number of aliphatic hydroxyl groups is 1. The molecule has 0 aromatic carbocycles. The van der Waals surface area contributed by atoms with Crippen LogP contribution in [-0.4, -0.2) is 34.8 Å². The molecule has 0 aromatic heterocycles. The van der Waals surface area contributed by atoms with Gasteiger partial charge in [0, 0.05) is 0 Å². The molecule has 1 aliphatic rings. The van der Waals surface area contributed by atoms with E-state index in [1.54, 1.807) is 0 Å². The summed E-state index contributed by atoms with van der Waals surface area (Å²) in [7, 11) is 0. The van der Waals surface area contributed by atoms with Gasteiger partial charge in [0.15, 0.2) is 0 Å². The highest BCUT2D eigenvalue weighted by Gasteiger charge is 2.33. The molecule has 3 nitrogen and oxygen atoms in total. The summed E-state index contributed by atoms with van der Waals surface area (Å²) < 4.78 is 5.20. The molecule has 0 amide bonds. The van der Waals surface area contributed by atoms with Gasteiger partial charge in [-0.25, -0.2) is 0 Å². The molecule has 1 rings (SSSR count). The molecular formula is C14H26O3S. The maximum Gasteiger partial charge on any atom is 0.321 e. The Kier molecular flexibility index (Phi) is 8.51. The molecule has 4 heteroatoms. The Morgan fingerprint density at radius 2 is 1.89 bits per heavy atom. The molecule has 106 valence electrons. The largest absolute Gasteiger partial charge is 0.465 e. The van der Waals surface area contributed by atoms with Gasteiger partial charge in [-0.15, -0.1) is 11.8 Å². The lowest BCUT2D eigenvalue weighted by atomic mass is 10.1. The van der Waals surface area contributed by atoms with Crippen LogP contribution in [0.15, 0.2) is 0 Å². The van der Waals surface area contributed by atoms with E-state index >= 15 is 0 Å². The van der Waals surface area contributed by atoms with E-state index in [0.717, 1.165) is 18.6 Å². The van der Waals surface area contributed by atoms with Crippen molar-refractivity contribution in [3.05, 3.63) is 0 Å². The van der Waals surface area contributed by atoms with Gasteiger partial charge < -0.3 is 9.84 Å². The first-order valence-electron chi connectivity index (χ1n) is 7.22. The van der Waals surface area contributed by atoms with Gasteiger partial charge in [-0.2, -0.15) is 0 Å². The van der Waals surface area contributed by atoms with Gasteiger partial charge in [0.05, 0.1) is 12.7 Å². The maximum absolute atomic E-state index is 11.6. The van der Waals surface area contributed by atoms with Crippen molar-refractivity contribution in [2.75, 3.05) is 12.4 Å². The molecule has 0 radical (unpaired) electrons. The van der Waals surface area contributed by atoms with Crippen LogP contribution >= 0.6 is 11.8 Å². The van der Waals surface area contributed by atoms with E-state index < -0.39 is 6.10 Å². The van der Waals surface area contributed by atoms with E-state index in [2.05, 4.69) is 6.92 Å². The number of hydrogen-bond donors (Lipinski definition) is 1. The third kappa shape index (κ3) is 6.10. The number of hydrogen-bond acceptors (Lipinski definition) is 4. The molecule has 0 saturated carbocycles. The Morgan fingerprint density at radius 1 is 1.22 bits per heavy atom. The molecule has 0 aromatic rings. The summed E-state index contributed by atoms with van der Waals surface area (Å²) in [6.07, 6.45) is 8.74. The molecule has 1 saturated heterocycles. The van der Waals surface area contributed by atoms with E-state index in [1.807, 2.05) is 0 Å². The maximum atomic E-state index is 11.6. The summed E-state index contributed by atoms with van der Waals surface area (Å²) in [6.45, 7) is 2.73. The summed E-state index contributed by atoms with van der Waals surface area (Å²) in [5.41, 5.74) is 0. The quantitative estimate of drug-likeness (QED) is 0.518. The highest BCUT2D eigenvalue weighted by molar-refractivity contribution is 8.00. The minimum Gasteiger partial charge on any atom is -0.465 e. The van der Waals surface area contributed by atoms with Gasteiger partial charge in [-0.05, 0) is 18.6 Å². The van der Waals surface area contributed by atoms with Crippen molar-refractivity contribution >= 4 is 17.7 Å². The lowest BCUT2D eigenvalue weighted by molar-refractivity contribution is -0.144. The summed E-state index contributed by atoms with van der Waals surface area (Å²) in [5.74, 6) is 0.634. The summed E-state index contributed by atoms with van der Waals surface area (Å²) >= 11 is 1.51. The molecule has 0 aliphatic carbocycles. The van der Waals surface area contributed by atoms with Crippen molar-refractivity contribution in [1.82, 2.24) is 0 Å². The highest BCUT2D eigenvalue weighted by Crippen LogP contribution is 2.27. The summed E-state index contributed by atoms with van der Waals surface area (Å²) in [5, 5.41) is 9.22. The fourth-order valence-electron chi connectivity index (χ4n) is 2.12. The normalized spacial score (nSPS) is 23.2. The number of esters is 1. The van der Waals surface area contributed by atoms with Crippen molar-refractivity contribution < 1.29 is 14.6 Å². The Labute approximate surface area is 115 Å². The monoisotopic (exact) mass is 274 g/mol. The van der Waals surface area contributed by atoms with Crippen molar-refractivity contribution in [3.8, 4) is 0 Å². The topological polar surface area (TPSA) is 46.5 Å². The predicted octanol–water partition coefficient (Wildman–Crippen LogP) is 3.15. The van der Waals surface area contributed by atoms with Crippen LogP contribution in [0.1, 0.15) is 58.3 Å². The number of carbonyl (C=O) groups excluding carboxylic acids is 1. The molecule has 0 spiro atoms. The van der Waals surface area contributed by atoms with Crippen LogP contribution in [0.3, 0.4) is 0 Å². The van der Waals surface area contributed by atoms with Crippen LogP contribution in [0, 0.1) is 0 Å². The Balaban J connectivity index is 1.92. The molecule has 1 N–H and O–H groups in total. The Hall–Kier alpha value is -0.220. The van der Waals surface area contributed by atoms with Gasteiger partial charge in [0.1, 0.15) is 5.25 Å². The molecular weight excluding hydrogens is 248 g/mol. The molecule has 1 aliphatic heterocycles. The first kappa shape index (κ1) is 15.8. The zero-order valence-electron chi connectivity index (χ0n) is 11.4. The fourth-order valence-corrected chi connectivity index (χ4v) is 3.31. The fraction of sp³-hybridized carbons (Fsp3) is 0.929. The average molecular weight is 274 g/mol. The lowest BCUT2D eigenvalue weighted by Crippen LogP contribution is -2.28. The smallest absolute Gasteiger partial charge is 0.321 e. The third-order valence-corrected chi connectivity index (χ3v) is 4.62. The number of aliphatic hydroxyl groups excluding tert-OH is 1. The van der Waals surface area contributed by atoms with E-state index in [0.29, 0.717) is 13.0 Å². The second kappa shape index (κ2) is 9.68. The second-order valence-corrected chi connectivity index (χ2v) is 6.19. The van der Waals surface area contributed by atoms with Crippen LogP contribution in [-0.2, 0) is 9.53 Å². The SMILES string of the molecule is CCCCCCCCCOC(=O)C1SCCC1O. The summed E-state index contributed by atoms with van der Waals surface area (Å²) in [6, 6.07) is 0. The van der Waals surface area contributed by atoms with E-state index in [1.165, 1.54) is 43.9 Å². The molecule has 0 bridgehead atoms. The van der Waals surface area contributed by atoms with Crippen LogP contribution in [0.25, 0.3) is 0 Å². The molecule has 1 heterocycles. The van der Waals surface area contributed by atoms with Gasteiger partial charge in [-0.1, -0.05) is 45.4 Å². The Morgan fingerprint density at radius 3 is 2.50 bits per heavy atom. The standard InChI is InChI=1S/C14H26O3S/c1-2-3-4-5-6-7-8-10-17-14(16)13-12(15)9-11-18-13/h12-13,15H,2-11H2,1H3. The van der Waals surface area contributed by atoms with Crippen LogP contribution in [0.5, 0.6) is 0 Å². The van der Waals surface area contributed by atoms with E-state index in [4.69, 9.17) is 4.74 Å². The highest BCUT2D eigenvalue weighted by atomic mass is 32.2. The molecule has 18 heavy (non-hydrogen) atoms. The zero-order chi connectivity index (χ0) is 13.2. The number of unbranched alkanes of at least 4 members (excludes halogenated alkanes) is 6. The first-order chi connectivity index (χ1) is 8.75. The molecule has 1 fully saturated rings. The summed E-state index contributed by atoms with van der Waals surface area (Å²) in [4.78, 5) is 11.6. The third-order valence-electron chi connectivity index (χ3n) is 3.29. The zero-order valence-corrected chi connectivity index (χ0v) is 12.2. The van der Waals surface area contributed by atoms with Crippen molar-refractivity contribution in [2.24, 2.45) is 0 Å². The van der Waals surface area contributed by atoms with Crippen molar-refractivity contribution in [2.45, 2.75) is 69.6 Å². The van der Waals surface area contributed by atoms with Crippen LogP contribution in [0.2, 0.25) is 0 Å². The van der Waals surface area contributed by atoms with Crippen LogP contribution < -0.4 is 0 Å². The Bertz CT molecular complexity index is 233. The minimum atomic E-state index is -0.503. The number of carbonyl (C=O) groups is 1. The van der Waals surface area contributed by atoms with E-state index in [9.17, 15) is 9.90 Å². The molecule has 2 atom stereocenters. The van der Waals surface area contributed by atoms with Crippen molar-refractivity contribution in [1.29, 1.82) is 0 Å². The van der Waals surface area contributed by atoms with Crippen molar-refractivity contribution in [3.63, 3.8) is 0 Å². The minimum absolute atomic E-state index is 0.226.